The number of nitrogens with zero attached hydrogens (tertiary/aromatic N) is 1. The third-order valence-electron chi connectivity index (χ3n) is 2.47. The fraction of sp³-hybridized carbons (Fsp3) is 0.800. The zero-order valence-electron chi connectivity index (χ0n) is 8.58. The maximum absolute atomic E-state index is 11.3. The first-order valence-electron chi connectivity index (χ1n) is 4.83. The molecule has 13 heavy (non-hydrogen) atoms. The summed E-state index contributed by atoms with van der Waals surface area (Å²) in [6.45, 7) is 10.1. The lowest BCUT2D eigenvalue weighted by Crippen LogP contribution is -2.35. The van der Waals surface area contributed by atoms with Crippen LogP contribution in [0.5, 0.6) is 0 Å². The first kappa shape index (κ1) is 10.9. The monoisotopic (exact) mass is 201 g/mol. The van der Waals surface area contributed by atoms with Crippen molar-refractivity contribution in [3.05, 3.63) is 12.2 Å². The van der Waals surface area contributed by atoms with Gasteiger partial charge in [0.15, 0.2) is 0 Å². The molecule has 1 heterocycles. The second kappa shape index (κ2) is 4.91. The molecule has 76 valence electrons. The summed E-state index contributed by atoms with van der Waals surface area (Å²) in [5, 5.41) is 0. The largest absolute Gasteiger partial charge is 0.296 e. The molecule has 1 saturated heterocycles. The molecule has 1 rings (SSSR count). The highest BCUT2D eigenvalue weighted by atomic mass is 32.2. The van der Waals surface area contributed by atoms with Gasteiger partial charge in [-0.25, -0.2) is 0 Å². The van der Waals surface area contributed by atoms with Crippen LogP contribution in [0.25, 0.3) is 0 Å². The van der Waals surface area contributed by atoms with E-state index in [1.165, 1.54) is 5.57 Å². The topological polar surface area (TPSA) is 20.3 Å². The molecule has 0 aliphatic carbocycles. The number of hydrogen-bond acceptors (Lipinski definition) is 2. The van der Waals surface area contributed by atoms with Gasteiger partial charge in [0.05, 0.1) is 0 Å². The van der Waals surface area contributed by atoms with Crippen LogP contribution in [0.1, 0.15) is 20.3 Å². The van der Waals surface area contributed by atoms with E-state index in [0.717, 1.165) is 31.0 Å². The van der Waals surface area contributed by atoms with Crippen molar-refractivity contribution in [3.63, 3.8) is 0 Å². The van der Waals surface area contributed by atoms with Gasteiger partial charge in [-0.2, -0.15) is 0 Å². The molecule has 0 spiro atoms. The Morgan fingerprint density at radius 1 is 1.62 bits per heavy atom. The maximum atomic E-state index is 11.3. The van der Waals surface area contributed by atoms with E-state index >= 15 is 0 Å². The minimum atomic E-state index is -0.585. The summed E-state index contributed by atoms with van der Waals surface area (Å²) in [5.41, 5.74) is 1.19. The molecule has 0 bridgehead atoms. The molecule has 0 saturated carbocycles. The Morgan fingerprint density at radius 3 is 2.92 bits per heavy atom. The summed E-state index contributed by atoms with van der Waals surface area (Å²) in [6, 6.07) is 0.558. The molecule has 0 aromatic rings. The van der Waals surface area contributed by atoms with E-state index in [2.05, 4.69) is 25.3 Å². The van der Waals surface area contributed by atoms with Crippen molar-refractivity contribution in [3.8, 4) is 0 Å². The fourth-order valence-electron chi connectivity index (χ4n) is 1.61. The molecule has 0 aromatic heterocycles. The second-order valence-corrected chi connectivity index (χ2v) is 5.61. The van der Waals surface area contributed by atoms with Gasteiger partial charge < -0.3 is 0 Å². The van der Waals surface area contributed by atoms with Gasteiger partial charge >= 0.3 is 0 Å². The molecule has 3 heteroatoms. The Kier molecular flexibility index (Phi) is 4.13. The van der Waals surface area contributed by atoms with Gasteiger partial charge in [-0.15, -0.1) is 0 Å². The van der Waals surface area contributed by atoms with Crippen LogP contribution in [0.2, 0.25) is 0 Å². The molecule has 0 aromatic carbocycles. The van der Waals surface area contributed by atoms with Crippen LogP contribution in [-0.2, 0) is 10.8 Å². The lowest BCUT2D eigenvalue weighted by Gasteiger charge is -2.26. The fourth-order valence-corrected chi connectivity index (χ4v) is 2.85. The highest BCUT2D eigenvalue weighted by Crippen LogP contribution is 2.11. The van der Waals surface area contributed by atoms with Crippen LogP contribution in [0.4, 0.5) is 0 Å². The Balaban J connectivity index is 2.51. The molecular weight excluding hydrogens is 182 g/mol. The molecule has 1 aliphatic heterocycles. The molecule has 1 fully saturated rings. The Bertz CT molecular complexity index is 215. The van der Waals surface area contributed by atoms with Crippen LogP contribution in [0.15, 0.2) is 12.2 Å². The Morgan fingerprint density at radius 2 is 2.31 bits per heavy atom. The highest BCUT2D eigenvalue weighted by molar-refractivity contribution is 7.85. The molecule has 0 N–H and O–H groups in total. The molecule has 2 nitrogen and oxygen atoms in total. The van der Waals surface area contributed by atoms with Gasteiger partial charge in [-0.1, -0.05) is 12.2 Å². The van der Waals surface area contributed by atoms with Gasteiger partial charge in [0.2, 0.25) is 0 Å². The third kappa shape index (κ3) is 3.61. The molecule has 0 amide bonds. The SMILES string of the molecule is C=C(C)CN1CCS(=O)CCC1C. The molecule has 1 aliphatic rings. The summed E-state index contributed by atoms with van der Waals surface area (Å²) < 4.78 is 11.3. The van der Waals surface area contributed by atoms with Crippen molar-refractivity contribution in [1.29, 1.82) is 0 Å². The maximum Gasteiger partial charge on any atom is 0.0362 e. The van der Waals surface area contributed by atoms with E-state index < -0.39 is 10.8 Å². The third-order valence-corrected chi connectivity index (χ3v) is 3.79. The predicted molar refractivity (Wildman–Crippen MR) is 58.3 cm³/mol. The van der Waals surface area contributed by atoms with Crippen molar-refractivity contribution in [2.45, 2.75) is 26.3 Å². The van der Waals surface area contributed by atoms with E-state index in [1.807, 2.05) is 0 Å². The molecule has 2 unspecified atom stereocenters. The van der Waals surface area contributed by atoms with E-state index in [0.29, 0.717) is 6.04 Å². The van der Waals surface area contributed by atoms with Crippen molar-refractivity contribution in [2.75, 3.05) is 24.6 Å². The zero-order chi connectivity index (χ0) is 9.84. The summed E-state index contributed by atoms with van der Waals surface area (Å²) in [6.07, 6.45) is 1.06. The van der Waals surface area contributed by atoms with Crippen molar-refractivity contribution >= 4 is 10.8 Å². The minimum absolute atomic E-state index is 0.558. The van der Waals surface area contributed by atoms with Gasteiger partial charge in [0.25, 0.3) is 0 Å². The lowest BCUT2D eigenvalue weighted by molar-refractivity contribution is 0.240. The van der Waals surface area contributed by atoms with Crippen LogP contribution in [-0.4, -0.2) is 39.7 Å². The standard InChI is InChI=1S/C10H19NOS/c1-9(2)8-11-5-7-13(12)6-4-10(11)3/h10H,1,4-8H2,2-3H3. The van der Waals surface area contributed by atoms with Gasteiger partial charge in [0.1, 0.15) is 0 Å². The van der Waals surface area contributed by atoms with Crippen LogP contribution in [0.3, 0.4) is 0 Å². The molecule has 2 atom stereocenters. The first-order valence-corrected chi connectivity index (χ1v) is 6.32. The molecular formula is C10H19NOS. The average molecular weight is 201 g/mol. The van der Waals surface area contributed by atoms with Gasteiger partial charge in [-0.05, 0) is 20.3 Å². The summed E-state index contributed by atoms with van der Waals surface area (Å²) in [5.74, 6) is 1.70. The summed E-state index contributed by atoms with van der Waals surface area (Å²) in [4.78, 5) is 2.38. The normalized spacial score (nSPS) is 31.2. The number of hydrogen-bond donors (Lipinski definition) is 0. The Hall–Kier alpha value is -0.150. The predicted octanol–water partition coefficient (Wildman–Crippen LogP) is 1.41. The van der Waals surface area contributed by atoms with Gasteiger partial charge in [0, 0.05) is 41.4 Å². The summed E-state index contributed by atoms with van der Waals surface area (Å²) >= 11 is 0. The van der Waals surface area contributed by atoms with Crippen LogP contribution < -0.4 is 0 Å². The van der Waals surface area contributed by atoms with Crippen molar-refractivity contribution < 1.29 is 4.21 Å². The summed E-state index contributed by atoms with van der Waals surface area (Å²) in [7, 11) is -0.585. The van der Waals surface area contributed by atoms with E-state index in [4.69, 9.17) is 0 Å². The first-order chi connectivity index (χ1) is 6.09. The minimum Gasteiger partial charge on any atom is -0.296 e. The lowest BCUT2D eigenvalue weighted by atomic mass is 10.2. The Labute approximate surface area is 83.5 Å². The quantitative estimate of drug-likeness (QED) is 0.630. The average Bonchev–Trinajstić information content (AvgIpc) is 2.19. The highest BCUT2D eigenvalue weighted by Gasteiger charge is 2.19. The number of rotatable bonds is 2. The molecule has 0 radical (unpaired) electrons. The van der Waals surface area contributed by atoms with Crippen molar-refractivity contribution in [2.24, 2.45) is 0 Å². The van der Waals surface area contributed by atoms with E-state index in [1.54, 1.807) is 0 Å². The van der Waals surface area contributed by atoms with Crippen molar-refractivity contribution in [1.82, 2.24) is 4.90 Å². The van der Waals surface area contributed by atoms with E-state index in [-0.39, 0.29) is 0 Å². The van der Waals surface area contributed by atoms with Crippen LogP contribution >= 0.6 is 0 Å². The van der Waals surface area contributed by atoms with Crippen LogP contribution in [0, 0.1) is 0 Å². The zero-order valence-corrected chi connectivity index (χ0v) is 9.40. The smallest absolute Gasteiger partial charge is 0.0362 e. The van der Waals surface area contributed by atoms with Gasteiger partial charge in [-0.3, -0.25) is 9.11 Å². The second-order valence-electron chi connectivity index (χ2n) is 3.91. The van der Waals surface area contributed by atoms with E-state index in [9.17, 15) is 4.21 Å².